The van der Waals surface area contributed by atoms with Crippen molar-refractivity contribution in [2.75, 3.05) is 13.2 Å². The van der Waals surface area contributed by atoms with Gasteiger partial charge in [-0.05, 0) is 13.8 Å². The molecule has 0 unspecified atom stereocenters. The predicted molar refractivity (Wildman–Crippen MR) is 69.4 cm³/mol. The van der Waals surface area contributed by atoms with Gasteiger partial charge < -0.3 is 10.4 Å². The molecule has 0 aliphatic heterocycles. The third kappa shape index (κ3) is 2.39. The summed E-state index contributed by atoms with van der Waals surface area (Å²) >= 11 is 0. The van der Waals surface area contributed by atoms with Crippen LogP contribution < -0.4 is 5.32 Å². The van der Waals surface area contributed by atoms with E-state index in [1.807, 2.05) is 0 Å². The molecule has 1 aromatic heterocycles. The van der Waals surface area contributed by atoms with Gasteiger partial charge in [0.05, 0.1) is 12.2 Å². The first kappa shape index (κ1) is 14.1. The minimum Gasteiger partial charge on any atom is -0.395 e. The molecule has 0 saturated carbocycles. The molecule has 20 heavy (non-hydrogen) atoms. The lowest BCUT2D eigenvalue weighted by molar-refractivity contribution is -0.122. The van der Waals surface area contributed by atoms with E-state index in [0.29, 0.717) is 11.1 Å². The summed E-state index contributed by atoms with van der Waals surface area (Å²) in [6.45, 7) is 3.08. The van der Waals surface area contributed by atoms with Gasteiger partial charge in [-0.1, -0.05) is 0 Å². The number of aliphatic hydroxyl groups is 1. The van der Waals surface area contributed by atoms with Crippen molar-refractivity contribution in [3.05, 3.63) is 28.6 Å². The van der Waals surface area contributed by atoms with Gasteiger partial charge in [-0.25, -0.2) is 0 Å². The van der Waals surface area contributed by atoms with Crippen LogP contribution >= 0.6 is 0 Å². The molecule has 0 saturated heterocycles. The Labute approximate surface area is 115 Å². The van der Waals surface area contributed by atoms with E-state index in [4.69, 9.17) is 5.11 Å². The number of carbonyl (C=O) groups is 3. The normalized spacial score (nSPS) is 14.6. The van der Waals surface area contributed by atoms with Crippen LogP contribution in [-0.2, 0) is 11.3 Å². The molecule has 7 heteroatoms. The monoisotopic (exact) mass is 277 g/mol. The Morgan fingerprint density at radius 2 is 1.95 bits per heavy atom. The first-order chi connectivity index (χ1) is 9.45. The topological polar surface area (TPSA) is 101 Å². The van der Waals surface area contributed by atoms with Crippen LogP contribution in [0.15, 0.2) is 17.3 Å². The van der Waals surface area contributed by atoms with Crippen molar-refractivity contribution in [2.45, 2.75) is 20.4 Å². The van der Waals surface area contributed by atoms with Crippen molar-refractivity contribution in [1.29, 1.82) is 0 Å². The Morgan fingerprint density at radius 1 is 1.30 bits per heavy atom. The molecule has 1 heterocycles. The molecular formula is C13H15N3O4. The van der Waals surface area contributed by atoms with Crippen LogP contribution in [0.5, 0.6) is 0 Å². The van der Waals surface area contributed by atoms with E-state index in [1.165, 1.54) is 10.9 Å². The van der Waals surface area contributed by atoms with Crippen molar-refractivity contribution < 1.29 is 19.5 Å². The van der Waals surface area contributed by atoms with E-state index in [-0.39, 0.29) is 48.4 Å². The third-order valence-corrected chi connectivity index (χ3v) is 3.20. The predicted octanol–water partition coefficient (Wildman–Crippen LogP) is -0.293. The molecule has 0 bridgehead atoms. The largest absolute Gasteiger partial charge is 0.395 e. The lowest BCUT2D eigenvalue weighted by atomic mass is 9.90. The van der Waals surface area contributed by atoms with E-state index in [1.54, 1.807) is 13.8 Å². The number of hydrogen-bond donors (Lipinski definition) is 2. The zero-order chi connectivity index (χ0) is 14.9. The highest BCUT2D eigenvalue weighted by Gasteiger charge is 2.31. The van der Waals surface area contributed by atoms with Crippen LogP contribution in [0, 0.1) is 0 Å². The second-order valence-electron chi connectivity index (χ2n) is 4.57. The maximum Gasteiger partial charge on any atom is 0.241 e. The molecule has 0 aromatic carbocycles. The van der Waals surface area contributed by atoms with Gasteiger partial charge in [-0.15, -0.1) is 0 Å². The first-order valence-electron chi connectivity index (χ1n) is 6.17. The number of aromatic nitrogens is 2. The zero-order valence-electron chi connectivity index (χ0n) is 11.3. The van der Waals surface area contributed by atoms with Gasteiger partial charge in [0.1, 0.15) is 12.2 Å². The molecule has 7 nitrogen and oxygen atoms in total. The molecule has 1 aliphatic carbocycles. The molecule has 0 radical (unpaired) electrons. The highest BCUT2D eigenvalue weighted by atomic mass is 16.3. The summed E-state index contributed by atoms with van der Waals surface area (Å²) in [5.41, 5.74) is 1.12. The van der Waals surface area contributed by atoms with Gasteiger partial charge in [0, 0.05) is 23.9 Å². The number of ketones is 2. The SMILES string of the molecule is CC1=C(C)C(=O)c2nn(CC(=O)NCCO)cc2C1=O. The van der Waals surface area contributed by atoms with Crippen molar-refractivity contribution in [3.8, 4) is 0 Å². The summed E-state index contributed by atoms with van der Waals surface area (Å²) in [6, 6.07) is 0. The van der Waals surface area contributed by atoms with E-state index in [2.05, 4.69) is 10.4 Å². The maximum absolute atomic E-state index is 12.0. The number of Topliss-reactive ketones (excluding diaryl/α,β-unsaturated/α-hetero) is 2. The lowest BCUT2D eigenvalue weighted by Gasteiger charge is -2.10. The fraction of sp³-hybridized carbons (Fsp3) is 0.385. The summed E-state index contributed by atoms with van der Waals surface area (Å²) < 4.78 is 1.26. The summed E-state index contributed by atoms with van der Waals surface area (Å²) in [5.74, 6) is -0.870. The van der Waals surface area contributed by atoms with Gasteiger partial charge >= 0.3 is 0 Å². The molecular weight excluding hydrogens is 262 g/mol. The number of carbonyl (C=O) groups excluding carboxylic acids is 3. The Kier molecular flexibility index (Phi) is 3.80. The van der Waals surface area contributed by atoms with Gasteiger partial charge in [-0.2, -0.15) is 5.10 Å². The number of rotatable bonds is 4. The first-order valence-corrected chi connectivity index (χ1v) is 6.17. The minimum atomic E-state index is -0.347. The number of allylic oxidation sites excluding steroid dienone is 2. The van der Waals surface area contributed by atoms with E-state index in [0.717, 1.165) is 0 Å². The fourth-order valence-electron chi connectivity index (χ4n) is 1.95. The zero-order valence-corrected chi connectivity index (χ0v) is 11.3. The third-order valence-electron chi connectivity index (χ3n) is 3.20. The molecule has 1 aromatic rings. The van der Waals surface area contributed by atoms with Crippen LogP contribution in [0.4, 0.5) is 0 Å². The average molecular weight is 277 g/mol. The Bertz CT molecular complexity index is 586. The standard InChI is InChI=1S/C13H15N3O4/c1-7-8(2)13(20)11-9(12(7)19)5-16(15-11)6-10(18)14-3-4-17/h5,17H,3-4,6H2,1-2H3,(H,14,18). The average Bonchev–Trinajstić information content (AvgIpc) is 2.84. The van der Waals surface area contributed by atoms with Gasteiger partial charge in [0.2, 0.25) is 11.7 Å². The number of nitrogens with one attached hydrogen (secondary N) is 1. The molecule has 2 N–H and O–H groups in total. The summed E-state index contributed by atoms with van der Waals surface area (Å²) in [6.07, 6.45) is 1.41. The maximum atomic E-state index is 12.0. The summed E-state index contributed by atoms with van der Waals surface area (Å²) in [7, 11) is 0. The molecule has 0 fully saturated rings. The highest BCUT2D eigenvalue weighted by Crippen LogP contribution is 2.24. The Hall–Kier alpha value is -2.28. The van der Waals surface area contributed by atoms with Crippen molar-refractivity contribution in [1.82, 2.24) is 15.1 Å². The molecule has 106 valence electrons. The Balaban J connectivity index is 2.23. The van der Waals surface area contributed by atoms with E-state index >= 15 is 0 Å². The summed E-state index contributed by atoms with van der Waals surface area (Å²) in [5, 5.41) is 15.1. The number of aliphatic hydroxyl groups excluding tert-OH is 1. The Morgan fingerprint density at radius 3 is 2.60 bits per heavy atom. The van der Waals surface area contributed by atoms with Crippen molar-refractivity contribution in [3.63, 3.8) is 0 Å². The molecule has 0 atom stereocenters. The number of hydrogen-bond acceptors (Lipinski definition) is 5. The van der Waals surface area contributed by atoms with Crippen LogP contribution in [-0.4, -0.2) is 45.5 Å². The number of amides is 1. The van der Waals surface area contributed by atoms with Gasteiger partial charge in [0.15, 0.2) is 5.78 Å². The summed E-state index contributed by atoms with van der Waals surface area (Å²) in [4.78, 5) is 35.6. The second kappa shape index (κ2) is 5.38. The van der Waals surface area contributed by atoms with Crippen molar-refractivity contribution in [2.24, 2.45) is 0 Å². The molecule has 0 spiro atoms. The number of nitrogens with zero attached hydrogens (tertiary/aromatic N) is 2. The van der Waals surface area contributed by atoms with Gasteiger partial charge in [0.25, 0.3) is 0 Å². The highest BCUT2D eigenvalue weighted by molar-refractivity contribution is 6.25. The second-order valence-corrected chi connectivity index (χ2v) is 4.57. The molecule has 1 aliphatic rings. The smallest absolute Gasteiger partial charge is 0.241 e. The number of fused-ring (bicyclic) bond motifs is 1. The lowest BCUT2D eigenvalue weighted by Crippen LogP contribution is -2.30. The van der Waals surface area contributed by atoms with Crippen LogP contribution in [0.1, 0.15) is 34.7 Å². The van der Waals surface area contributed by atoms with Gasteiger partial charge in [-0.3, -0.25) is 19.1 Å². The van der Waals surface area contributed by atoms with Crippen LogP contribution in [0.2, 0.25) is 0 Å². The minimum absolute atomic E-state index is 0.0908. The molecule has 2 rings (SSSR count). The van der Waals surface area contributed by atoms with Crippen LogP contribution in [0.3, 0.4) is 0 Å². The molecule has 1 amide bonds. The van der Waals surface area contributed by atoms with Crippen LogP contribution in [0.25, 0.3) is 0 Å². The quantitative estimate of drug-likeness (QED) is 0.787. The van der Waals surface area contributed by atoms with E-state index < -0.39 is 0 Å². The van der Waals surface area contributed by atoms with Crippen molar-refractivity contribution >= 4 is 17.5 Å². The van der Waals surface area contributed by atoms with E-state index in [9.17, 15) is 14.4 Å². The fourth-order valence-corrected chi connectivity index (χ4v) is 1.95.